The summed E-state index contributed by atoms with van der Waals surface area (Å²) in [6.45, 7) is 4.72. The summed E-state index contributed by atoms with van der Waals surface area (Å²) in [6, 6.07) is 7.11. The Hall–Kier alpha value is -3.20. The number of hydrogen-bond donors (Lipinski definition) is 1. The van der Waals surface area contributed by atoms with Gasteiger partial charge in [0.15, 0.2) is 11.6 Å². The SMILES string of the molecule is CSc1cc(-c2nn(CC3CC3)c3c2CC=N/C(n2nc(C)cc2C)=C\C(N)=N3)ccc1F. The van der Waals surface area contributed by atoms with Crippen molar-refractivity contribution in [3.8, 4) is 11.3 Å². The zero-order valence-electron chi connectivity index (χ0n) is 18.9. The van der Waals surface area contributed by atoms with E-state index < -0.39 is 0 Å². The van der Waals surface area contributed by atoms with E-state index in [9.17, 15) is 4.39 Å². The fourth-order valence-electron chi connectivity index (χ4n) is 4.05. The summed E-state index contributed by atoms with van der Waals surface area (Å²) >= 11 is 1.38. The number of nitrogens with two attached hydrogens (primary N) is 1. The average molecular weight is 464 g/mol. The van der Waals surface area contributed by atoms with Gasteiger partial charge < -0.3 is 5.73 Å². The lowest BCUT2D eigenvalue weighted by Crippen LogP contribution is -2.12. The zero-order chi connectivity index (χ0) is 23.1. The summed E-state index contributed by atoms with van der Waals surface area (Å²) in [5, 5.41) is 9.45. The van der Waals surface area contributed by atoms with Crippen molar-refractivity contribution in [3.63, 3.8) is 0 Å². The van der Waals surface area contributed by atoms with E-state index in [4.69, 9.17) is 15.8 Å². The van der Waals surface area contributed by atoms with E-state index in [2.05, 4.69) is 10.1 Å². The summed E-state index contributed by atoms with van der Waals surface area (Å²) < 4.78 is 17.9. The second kappa shape index (κ2) is 8.62. The molecule has 0 radical (unpaired) electrons. The number of halogens is 1. The third-order valence-electron chi connectivity index (χ3n) is 5.83. The molecule has 0 amide bonds. The molecule has 170 valence electrons. The van der Waals surface area contributed by atoms with Crippen molar-refractivity contribution < 1.29 is 4.39 Å². The number of hydrogen-bond acceptors (Lipinski definition) is 6. The maximum atomic E-state index is 14.2. The first-order chi connectivity index (χ1) is 15.9. The van der Waals surface area contributed by atoms with E-state index in [1.165, 1.54) is 30.7 Å². The lowest BCUT2D eigenvalue weighted by Gasteiger charge is -2.05. The topological polar surface area (TPSA) is 86.4 Å². The number of rotatable bonds is 5. The molecule has 1 saturated carbocycles. The standard InChI is InChI=1S/C24H26FN7S/c1-14-10-15(2)32(29-14)22-12-21(26)28-24-18(8-9-27-22)23(30-31(24)13-16-4-5-16)17-6-7-19(25)20(11-17)33-3/h6-7,9-12,16H,4-5,8,13H2,1-3H3,(H2,26,28)/b22-12+,27-9?. The molecule has 3 aromatic rings. The molecule has 2 N–H and O–H groups in total. The lowest BCUT2D eigenvalue weighted by atomic mass is 10.1. The van der Waals surface area contributed by atoms with E-state index in [0.717, 1.165) is 40.6 Å². The second-order valence-electron chi connectivity index (χ2n) is 8.52. The summed E-state index contributed by atoms with van der Waals surface area (Å²) in [5.41, 5.74) is 10.8. The van der Waals surface area contributed by atoms with Crippen molar-refractivity contribution in [2.24, 2.45) is 21.6 Å². The minimum absolute atomic E-state index is 0.231. The van der Waals surface area contributed by atoms with Gasteiger partial charge in [-0.25, -0.2) is 23.7 Å². The monoisotopic (exact) mass is 463 g/mol. The molecule has 0 unspecified atom stereocenters. The predicted molar refractivity (Wildman–Crippen MR) is 132 cm³/mol. The Morgan fingerprint density at radius 3 is 2.70 bits per heavy atom. The summed E-state index contributed by atoms with van der Waals surface area (Å²) in [4.78, 5) is 10.0. The molecule has 2 aliphatic rings. The van der Waals surface area contributed by atoms with Crippen LogP contribution in [0, 0.1) is 25.6 Å². The van der Waals surface area contributed by atoms with Crippen LogP contribution in [0.4, 0.5) is 10.2 Å². The zero-order valence-corrected chi connectivity index (χ0v) is 19.7. The average Bonchev–Trinajstić information content (AvgIpc) is 3.43. The van der Waals surface area contributed by atoms with Gasteiger partial charge >= 0.3 is 0 Å². The molecule has 0 spiro atoms. The van der Waals surface area contributed by atoms with Crippen LogP contribution in [0.25, 0.3) is 17.1 Å². The first-order valence-electron chi connectivity index (χ1n) is 11.0. The summed E-state index contributed by atoms with van der Waals surface area (Å²) in [6.07, 6.45) is 8.37. The van der Waals surface area contributed by atoms with Gasteiger partial charge in [-0.2, -0.15) is 10.2 Å². The quantitative estimate of drug-likeness (QED) is 0.553. The van der Waals surface area contributed by atoms with Crippen LogP contribution in [-0.2, 0) is 13.0 Å². The van der Waals surface area contributed by atoms with E-state index in [1.807, 2.05) is 43.1 Å². The Morgan fingerprint density at radius 1 is 1.18 bits per heavy atom. The molecule has 9 heteroatoms. The maximum absolute atomic E-state index is 14.2. The molecule has 1 aromatic carbocycles. The first-order valence-corrected chi connectivity index (χ1v) is 12.2. The van der Waals surface area contributed by atoms with Crippen LogP contribution < -0.4 is 5.73 Å². The maximum Gasteiger partial charge on any atom is 0.157 e. The van der Waals surface area contributed by atoms with Crippen LogP contribution >= 0.6 is 11.8 Å². The van der Waals surface area contributed by atoms with Gasteiger partial charge in [0.25, 0.3) is 0 Å². The van der Waals surface area contributed by atoms with Gasteiger partial charge in [0.2, 0.25) is 0 Å². The number of aromatic nitrogens is 4. The molecule has 2 aromatic heterocycles. The van der Waals surface area contributed by atoms with Crippen LogP contribution in [0.1, 0.15) is 29.8 Å². The normalized spacial score (nSPS) is 17.6. The van der Waals surface area contributed by atoms with E-state index in [-0.39, 0.29) is 5.82 Å². The highest BCUT2D eigenvalue weighted by Gasteiger charge is 2.27. The van der Waals surface area contributed by atoms with Gasteiger partial charge in [0.1, 0.15) is 11.7 Å². The van der Waals surface area contributed by atoms with Gasteiger partial charge in [0.05, 0.1) is 11.4 Å². The largest absolute Gasteiger partial charge is 0.384 e. The van der Waals surface area contributed by atoms with Crippen molar-refractivity contribution in [1.82, 2.24) is 19.6 Å². The number of benzene rings is 1. The highest BCUT2D eigenvalue weighted by molar-refractivity contribution is 7.98. The molecule has 7 nitrogen and oxygen atoms in total. The van der Waals surface area contributed by atoms with Crippen LogP contribution in [0.2, 0.25) is 0 Å². The van der Waals surface area contributed by atoms with Crippen LogP contribution in [0.3, 0.4) is 0 Å². The molecule has 0 bridgehead atoms. The number of amidine groups is 1. The minimum Gasteiger partial charge on any atom is -0.384 e. The van der Waals surface area contributed by atoms with Crippen molar-refractivity contribution in [1.29, 1.82) is 0 Å². The fourth-order valence-corrected chi connectivity index (χ4v) is 4.55. The van der Waals surface area contributed by atoms with Gasteiger partial charge in [-0.3, -0.25) is 0 Å². The van der Waals surface area contributed by atoms with Crippen LogP contribution in [0.15, 0.2) is 45.2 Å². The molecular formula is C24H26FN7S. The van der Waals surface area contributed by atoms with Crippen LogP contribution in [-0.4, -0.2) is 37.9 Å². The molecule has 3 heterocycles. The molecule has 1 aliphatic heterocycles. The molecule has 1 aliphatic carbocycles. The van der Waals surface area contributed by atoms with E-state index >= 15 is 0 Å². The predicted octanol–water partition coefficient (Wildman–Crippen LogP) is 4.75. The Labute approximate surface area is 196 Å². The van der Waals surface area contributed by atoms with Gasteiger partial charge in [-0.15, -0.1) is 11.8 Å². The third-order valence-corrected chi connectivity index (χ3v) is 6.58. The third kappa shape index (κ3) is 4.37. The minimum atomic E-state index is -0.231. The molecule has 0 atom stereocenters. The molecular weight excluding hydrogens is 437 g/mol. The smallest absolute Gasteiger partial charge is 0.157 e. The molecule has 0 saturated heterocycles. The van der Waals surface area contributed by atoms with Gasteiger partial charge in [0, 0.05) is 47.0 Å². The van der Waals surface area contributed by atoms with Crippen molar-refractivity contribution in [2.75, 3.05) is 6.26 Å². The fraction of sp³-hybridized carbons (Fsp3) is 0.333. The summed E-state index contributed by atoms with van der Waals surface area (Å²) in [5.74, 6) is 2.06. The highest BCUT2D eigenvalue weighted by atomic mass is 32.2. The number of nitrogens with zero attached hydrogens (tertiary/aromatic N) is 6. The van der Waals surface area contributed by atoms with Crippen LogP contribution in [0.5, 0.6) is 0 Å². The Balaban J connectivity index is 1.63. The first kappa shape index (κ1) is 21.6. The van der Waals surface area contributed by atoms with E-state index in [0.29, 0.717) is 28.9 Å². The number of fused-ring (bicyclic) bond motifs is 1. The van der Waals surface area contributed by atoms with Crippen molar-refractivity contribution in [3.05, 3.63) is 53.1 Å². The highest BCUT2D eigenvalue weighted by Crippen LogP contribution is 2.37. The molecule has 33 heavy (non-hydrogen) atoms. The second-order valence-corrected chi connectivity index (χ2v) is 9.37. The molecule has 5 rings (SSSR count). The Morgan fingerprint density at radius 2 is 2.00 bits per heavy atom. The lowest BCUT2D eigenvalue weighted by molar-refractivity contribution is 0.568. The number of aryl methyl sites for hydroxylation is 2. The van der Waals surface area contributed by atoms with Crippen molar-refractivity contribution >= 4 is 35.5 Å². The van der Waals surface area contributed by atoms with Gasteiger partial charge in [-0.1, -0.05) is 0 Å². The summed E-state index contributed by atoms with van der Waals surface area (Å²) in [7, 11) is 0. The number of thioether (sulfide) groups is 1. The van der Waals surface area contributed by atoms with Gasteiger partial charge in [-0.05, 0) is 63.1 Å². The molecule has 1 fully saturated rings. The van der Waals surface area contributed by atoms with E-state index in [1.54, 1.807) is 16.8 Å². The van der Waals surface area contributed by atoms with Crippen molar-refractivity contribution in [2.45, 2.75) is 44.6 Å². The Kier molecular flexibility index (Phi) is 5.65. The number of aliphatic imine (C=N–C) groups is 2. The Bertz CT molecular complexity index is 1310.